The summed E-state index contributed by atoms with van der Waals surface area (Å²) >= 11 is 0. The molecule has 6 nitrogen and oxygen atoms in total. The highest BCUT2D eigenvalue weighted by atomic mass is 16.6. The molecule has 3 heterocycles. The highest BCUT2D eigenvalue weighted by molar-refractivity contribution is 5.92. The summed E-state index contributed by atoms with van der Waals surface area (Å²) in [7, 11) is 1.29. The van der Waals surface area contributed by atoms with Gasteiger partial charge in [-0.2, -0.15) is 0 Å². The Kier molecular flexibility index (Phi) is 3.73. The number of allylic oxidation sites excluding steroid dienone is 1. The first-order valence-electron chi connectivity index (χ1n) is 7.04. The molecule has 0 aromatic carbocycles. The lowest BCUT2D eigenvalue weighted by molar-refractivity contribution is -0.136. The van der Waals surface area contributed by atoms with Gasteiger partial charge in [0, 0.05) is 18.5 Å². The van der Waals surface area contributed by atoms with E-state index in [1.165, 1.54) is 13.2 Å². The van der Waals surface area contributed by atoms with E-state index >= 15 is 0 Å². The van der Waals surface area contributed by atoms with Gasteiger partial charge in [-0.15, -0.1) is 0 Å². The zero-order chi connectivity index (χ0) is 16.6. The van der Waals surface area contributed by atoms with E-state index in [0.29, 0.717) is 17.1 Å². The zero-order valence-corrected chi connectivity index (χ0v) is 13.0. The van der Waals surface area contributed by atoms with Crippen LogP contribution in [0.1, 0.15) is 29.7 Å². The third-order valence-corrected chi connectivity index (χ3v) is 3.70. The molecule has 0 saturated carbocycles. The molecule has 3 rings (SSSR count). The van der Waals surface area contributed by atoms with Crippen molar-refractivity contribution in [3.8, 4) is 5.95 Å². The number of esters is 1. The molecule has 1 atom stereocenters. The van der Waals surface area contributed by atoms with Crippen molar-refractivity contribution in [1.29, 1.82) is 0 Å². The second-order valence-electron chi connectivity index (χ2n) is 5.21. The van der Waals surface area contributed by atoms with Gasteiger partial charge in [-0.3, -0.25) is 9.78 Å². The first-order chi connectivity index (χ1) is 11.0. The Morgan fingerprint density at radius 2 is 2.13 bits per heavy atom. The number of aromatic nitrogens is 1. The summed E-state index contributed by atoms with van der Waals surface area (Å²) in [5, 5.41) is 0. The number of carbonyl (C=O) groups excluding carboxylic acids is 1. The minimum Gasteiger partial charge on any atom is -0.466 e. The van der Waals surface area contributed by atoms with Gasteiger partial charge in [-0.05, 0) is 25.5 Å². The molecule has 2 aromatic rings. The van der Waals surface area contributed by atoms with E-state index in [2.05, 4.69) is 4.98 Å². The van der Waals surface area contributed by atoms with Gasteiger partial charge in [0.1, 0.15) is 11.5 Å². The molecule has 1 aliphatic heterocycles. The summed E-state index contributed by atoms with van der Waals surface area (Å²) in [6, 6.07) is 4.91. The molecule has 1 aliphatic rings. The quantitative estimate of drug-likeness (QED) is 0.792. The molecule has 0 spiro atoms. The number of hydrogen-bond donors (Lipinski definition) is 0. The molecular formula is C17H15NO5. The maximum atomic E-state index is 12.5. The molecule has 0 unspecified atom stereocenters. The molecule has 0 amide bonds. The lowest BCUT2D eigenvalue weighted by Gasteiger charge is -2.26. The van der Waals surface area contributed by atoms with Gasteiger partial charge in [-0.25, -0.2) is 4.79 Å². The van der Waals surface area contributed by atoms with Crippen LogP contribution in [0.25, 0.3) is 0 Å². The van der Waals surface area contributed by atoms with Crippen molar-refractivity contribution in [2.24, 2.45) is 0 Å². The van der Waals surface area contributed by atoms with Crippen LogP contribution in [0.4, 0.5) is 0 Å². The van der Waals surface area contributed by atoms with Gasteiger partial charge in [0.25, 0.3) is 5.95 Å². The first kappa shape index (κ1) is 15.0. The molecule has 0 radical (unpaired) electrons. The monoisotopic (exact) mass is 313 g/mol. The Morgan fingerprint density at radius 1 is 1.35 bits per heavy atom. The third kappa shape index (κ3) is 2.52. The van der Waals surface area contributed by atoms with Crippen LogP contribution in [0.15, 0.2) is 51.1 Å². The van der Waals surface area contributed by atoms with E-state index in [0.717, 1.165) is 0 Å². The summed E-state index contributed by atoms with van der Waals surface area (Å²) in [6.07, 6.45) is 3.23. The number of pyridine rings is 1. The maximum absolute atomic E-state index is 12.5. The van der Waals surface area contributed by atoms with Crippen LogP contribution in [0, 0.1) is 6.92 Å². The SMILES string of the molecule is COC(=O)C1=C(C)Oc2oc(C)cc(=O)c2[C@@H]1c1cccnc1. The van der Waals surface area contributed by atoms with Gasteiger partial charge in [0.2, 0.25) is 0 Å². The van der Waals surface area contributed by atoms with Crippen LogP contribution >= 0.6 is 0 Å². The van der Waals surface area contributed by atoms with Crippen LogP contribution in [0.3, 0.4) is 0 Å². The first-order valence-corrected chi connectivity index (χ1v) is 7.04. The van der Waals surface area contributed by atoms with Crippen LogP contribution in [0.2, 0.25) is 0 Å². The lowest BCUT2D eigenvalue weighted by Crippen LogP contribution is -2.27. The molecule has 2 aromatic heterocycles. The molecule has 0 saturated heterocycles. The third-order valence-electron chi connectivity index (χ3n) is 3.70. The van der Waals surface area contributed by atoms with Crippen LogP contribution < -0.4 is 10.2 Å². The highest BCUT2D eigenvalue weighted by Gasteiger charge is 2.38. The number of methoxy groups -OCH3 is 1. The van der Waals surface area contributed by atoms with Crippen molar-refractivity contribution in [2.75, 3.05) is 7.11 Å². The number of aryl methyl sites for hydroxylation is 1. The average Bonchev–Trinajstić information content (AvgIpc) is 2.53. The molecule has 0 fully saturated rings. The summed E-state index contributed by atoms with van der Waals surface area (Å²) in [6.45, 7) is 3.31. The molecular weight excluding hydrogens is 298 g/mol. The van der Waals surface area contributed by atoms with Gasteiger partial charge < -0.3 is 13.9 Å². The van der Waals surface area contributed by atoms with E-state index < -0.39 is 11.9 Å². The second-order valence-corrected chi connectivity index (χ2v) is 5.21. The van der Waals surface area contributed by atoms with Gasteiger partial charge >= 0.3 is 5.97 Å². The van der Waals surface area contributed by atoms with Gasteiger partial charge in [0.15, 0.2) is 5.43 Å². The van der Waals surface area contributed by atoms with E-state index in [-0.39, 0.29) is 22.5 Å². The molecule has 6 heteroatoms. The number of fused-ring (bicyclic) bond motifs is 1. The fourth-order valence-electron chi connectivity index (χ4n) is 2.72. The molecule has 118 valence electrons. The highest BCUT2D eigenvalue weighted by Crippen LogP contribution is 2.41. The van der Waals surface area contributed by atoms with Crippen LogP contribution in [0.5, 0.6) is 5.95 Å². The average molecular weight is 313 g/mol. The van der Waals surface area contributed by atoms with Crippen molar-refractivity contribution < 1.29 is 18.7 Å². The van der Waals surface area contributed by atoms with Crippen molar-refractivity contribution in [3.63, 3.8) is 0 Å². The summed E-state index contributed by atoms with van der Waals surface area (Å²) < 4.78 is 16.0. The van der Waals surface area contributed by atoms with Crippen LogP contribution in [-0.4, -0.2) is 18.1 Å². The normalized spacial score (nSPS) is 16.6. The Balaban J connectivity index is 2.31. The van der Waals surface area contributed by atoms with E-state index in [4.69, 9.17) is 13.9 Å². The summed E-state index contributed by atoms with van der Waals surface area (Å²) in [4.78, 5) is 28.8. The largest absolute Gasteiger partial charge is 0.466 e. The van der Waals surface area contributed by atoms with Crippen molar-refractivity contribution in [3.05, 3.63) is 69.0 Å². The van der Waals surface area contributed by atoms with Gasteiger partial charge in [-0.1, -0.05) is 6.07 Å². The number of carbonyl (C=O) groups is 1. The smallest absolute Gasteiger partial charge is 0.338 e. The lowest BCUT2D eigenvalue weighted by atomic mass is 9.84. The topological polar surface area (TPSA) is 78.6 Å². The number of ether oxygens (including phenoxy) is 2. The molecule has 23 heavy (non-hydrogen) atoms. The second kappa shape index (κ2) is 5.72. The minimum absolute atomic E-state index is 0.106. The fraction of sp³-hybridized carbons (Fsp3) is 0.235. The standard InChI is InChI=1S/C17H15NO5/c1-9-7-12(19)15-14(11-5-4-6-18-8-11)13(16(20)21-3)10(2)23-17(15)22-9/h4-8,14H,1-3H3/t14-/m1/s1. The Labute approximate surface area is 132 Å². The van der Waals surface area contributed by atoms with Crippen molar-refractivity contribution in [1.82, 2.24) is 4.98 Å². The van der Waals surface area contributed by atoms with Gasteiger partial charge in [0.05, 0.1) is 24.2 Å². The van der Waals surface area contributed by atoms with Crippen LogP contribution in [-0.2, 0) is 9.53 Å². The Morgan fingerprint density at radius 3 is 2.78 bits per heavy atom. The zero-order valence-electron chi connectivity index (χ0n) is 13.0. The molecule has 0 N–H and O–H groups in total. The summed E-state index contributed by atoms with van der Waals surface area (Å²) in [5.74, 6) is -0.312. The van der Waals surface area contributed by atoms with E-state index in [1.54, 1.807) is 38.4 Å². The summed E-state index contributed by atoms with van der Waals surface area (Å²) in [5.41, 5.74) is 0.971. The van der Waals surface area contributed by atoms with Crippen molar-refractivity contribution >= 4 is 5.97 Å². The number of rotatable bonds is 2. The number of hydrogen-bond acceptors (Lipinski definition) is 6. The fourth-order valence-corrected chi connectivity index (χ4v) is 2.72. The minimum atomic E-state index is -0.642. The Bertz CT molecular complexity index is 851. The maximum Gasteiger partial charge on any atom is 0.338 e. The van der Waals surface area contributed by atoms with E-state index in [9.17, 15) is 9.59 Å². The predicted molar refractivity (Wildman–Crippen MR) is 81.1 cm³/mol. The Hall–Kier alpha value is -2.89. The van der Waals surface area contributed by atoms with E-state index in [1.807, 2.05) is 0 Å². The molecule has 0 aliphatic carbocycles. The predicted octanol–water partition coefficient (Wildman–Crippen LogP) is 2.31. The molecule has 0 bridgehead atoms. The number of nitrogens with zero attached hydrogens (tertiary/aromatic N) is 1. The van der Waals surface area contributed by atoms with Crippen molar-refractivity contribution in [2.45, 2.75) is 19.8 Å².